The van der Waals surface area contributed by atoms with Crippen LogP contribution in [0.5, 0.6) is 0 Å². The maximum Gasteiger partial charge on any atom is 0.247 e. The number of anilines is 3. The van der Waals surface area contributed by atoms with Crippen molar-refractivity contribution in [3.63, 3.8) is 0 Å². The number of hydrogen-bond donors (Lipinski definition) is 0. The molecule has 0 saturated heterocycles. The SMILES string of the molecule is CC(C)(C)c1ccc2c(c1)B1c3cc(C(C)(C)C)ccc3C(c3ccccc3)(c3ccccc3)c3cc(C(C)(C)C)cc(c31)N2c1cccc2c(-c3ccccc3)c3ccccc3cc12. The zero-order valence-electron chi connectivity index (χ0n) is 39.4. The lowest BCUT2D eigenvalue weighted by atomic mass is 9.29. The summed E-state index contributed by atoms with van der Waals surface area (Å²) in [5.41, 5.74) is 18.8. The number of nitrogens with zero attached hydrogens (tertiary/aromatic N) is 1. The Labute approximate surface area is 386 Å². The molecule has 0 atom stereocenters. The van der Waals surface area contributed by atoms with Gasteiger partial charge in [-0.15, -0.1) is 0 Å². The smallest absolute Gasteiger partial charge is 0.247 e. The van der Waals surface area contributed by atoms with E-state index in [1.807, 2.05) is 0 Å². The lowest BCUT2D eigenvalue weighted by Gasteiger charge is -2.49. The molecule has 318 valence electrons. The summed E-state index contributed by atoms with van der Waals surface area (Å²) in [5, 5.41) is 5.01. The van der Waals surface area contributed by atoms with Crippen LogP contribution in [0.4, 0.5) is 17.1 Å². The second-order valence-electron chi connectivity index (χ2n) is 21.7. The first-order valence-electron chi connectivity index (χ1n) is 23.5. The van der Waals surface area contributed by atoms with Gasteiger partial charge in [0, 0.05) is 16.8 Å². The van der Waals surface area contributed by atoms with Crippen LogP contribution in [0.15, 0.2) is 188 Å². The molecule has 0 saturated carbocycles. The van der Waals surface area contributed by atoms with Crippen molar-refractivity contribution in [3.8, 4) is 11.1 Å². The van der Waals surface area contributed by atoms with Gasteiger partial charge in [0.25, 0.3) is 0 Å². The van der Waals surface area contributed by atoms with E-state index < -0.39 is 5.41 Å². The van der Waals surface area contributed by atoms with Gasteiger partial charge in [-0.3, -0.25) is 0 Å². The standard InChI is InChI=1S/C63H58BN/c1-60(2,3)45-32-34-51-53(38-45)64-54-39-46(61(4,5)6)33-35-56(54)65(55-31-21-30-49-50(55)36-42-24-19-20-29-48(42)58(49)41-22-13-10-14-23-41)57-40-47(62(7,8)9)37-52(59(57)64)63(51,43-25-15-11-16-26-43)44-27-17-12-18-28-44/h10-40H,1-9H3. The number of fused-ring (bicyclic) bond motifs is 6. The van der Waals surface area contributed by atoms with Gasteiger partial charge in [-0.05, 0) is 118 Å². The van der Waals surface area contributed by atoms with Crippen LogP contribution in [-0.4, -0.2) is 6.71 Å². The van der Waals surface area contributed by atoms with Crippen molar-refractivity contribution in [2.45, 2.75) is 84.0 Å². The van der Waals surface area contributed by atoms with Crippen molar-refractivity contribution in [2.75, 3.05) is 4.90 Å². The van der Waals surface area contributed by atoms with Crippen LogP contribution in [0.25, 0.3) is 32.7 Å². The van der Waals surface area contributed by atoms with Gasteiger partial charge in [0.05, 0.1) is 11.1 Å². The van der Waals surface area contributed by atoms with Crippen LogP contribution in [0.3, 0.4) is 0 Å². The molecule has 11 rings (SSSR count). The highest BCUT2D eigenvalue weighted by Crippen LogP contribution is 2.52. The fourth-order valence-electron chi connectivity index (χ4n) is 11.3. The second-order valence-corrected chi connectivity index (χ2v) is 21.7. The number of hydrogen-bond acceptors (Lipinski definition) is 1. The van der Waals surface area contributed by atoms with E-state index >= 15 is 0 Å². The molecule has 0 amide bonds. The molecule has 2 heteroatoms. The van der Waals surface area contributed by atoms with E-state index in [2.05, 4.69) is 255 Å². The summed E-state index contributed by atoms with van der Waals surface area (Å²) >= 11 is 0. The Balaban J connectivity index is 1.35. The van der Waals surface area contributed by atoms with Crippen LogP contribution in [-0.2, 0) is 21.7 Å². The van der Waals surface area contributed by atoms with Crippen LogP contribution in [0.2, 0.25) is 0 Å². The molecular weight excluding hydrogens is 782 g/mol. The predicted octanol–water partition coefficient (Wildman–Crippen LogP) is 14.5. The van der Waals surface area contributed by atoms with Crippen molar-refractivity contribution in [1.82, 2.24) is 0 Å². The van der Waals surface area contributed by atoms with Crippen molar-refractivity contribution in [2.24, 2.45) is 0 Å². The zero-order valence-corrected chi connectivity index (χ0v) is 39.4. The third kappa shape index (κ3) is 6.35. The van der Waals surface area contributed by atoms with Crippen molar-refractivity contribution in [3.05, 3.63) is 227 Å². The third-order valence-corrected chi connectivity index (χ3v) is 14.6. The van der Waals surface area contributed by atoms with Gasteiger partial charge in [-0.1, -0.05) is 232 Å². The molecule has 0 spiro atoms. The topological polar surface area (TPSA) is 3.24 Å². The quantitative estimate of drug-likeness (QED) is 0.126. The molecule has 1 nitrogen and oxygen atoms in total. The molecule has 2 heterocycles. The van der Waals surface area contributed by atoms with Gasteiger partial charge in [0.2, 0.25) is 6.71 Å². The van der Waals surface area contributed by atoms with Crippen molar-refractivity contribution in [1.29, 1.82) is 0 Å². The van der Waals surface area contributed by atoms with E-state index in [0.29, 0.717) is 0 Å². The minimum Gasteiger partial charge on any atom is -0.311 e. The van der Waals surface area contributed by atoms with Gasteiger partial charge < -0.3 is 4.90 Å². The van der Waals surface area contributed by atoms with Gasteiger partial charge in [-0.25, -0.2) is 0 Å². The van der Waals surface area contributed by atoms with Crippen LogP contribution < -0.4 is 21.3 Å². The van der Waals surface area contributed by atoms with E-state index in [1.54, 1.807) is 0 Å². The molecule has 0 unspecified atom stereocenters. The van der Waals surface area contributed by atoms with E-state index in [0.717, 1.165) is 0 Å². The monoisotopic (exact) mass is 839 g/mol. The summed E-state index contributed by atoms with van der Waals surface area (Å²) in [4.78, 5) is 2.66. The van der Waals surface area contributed by atoms with Gasteiger partial charge in [-0.2, -0.15) is 0 Å². The number of rotatable bonds is 4. The molecule has 0 radical (unpaired) electrons. The van der Waals surface area contributed by atoms with Crippen LogP contribution >= 0.6 is 0 Å². The molecule has 2 aliphatic heterocycles. The van der Waals surface area contributed by atoms with Crippen molar-refractivity contribution >= 4 is 61.7 Å². The molecule has 2 aliphatic rings. The molecule has 0 bridgehead atoms. The van der Waals surface area contributed by atoms with E-state index in [-0.39, 0.29) is 23.0 Å². The van der Waals surface area contributed by atoms with E-state index in [1.165, 1.54) is 105 Å². The van der Waals surface area contributed by atoms with E-state index in [9.17, 15) is 0 Å². The minimum atomic E-state index is -0.601. The molecule has 0 N–H and O–H groups in total. The zero-order chi connectivity index (χ0) is 45.0. The molecule has 0 aromatic heterocycles. The molecule has 0 fully saturated rings. The summed E-state index contributed by atoms with van der Waals surface area (Å²) in [5.74, 6) is 0. The Bertz CT molecular complexity index is 3270. The maximum atomic E-state index is 2.66. The Morgan fingerprint density at radius 1 is 0.385 bits per heavy atom. The average Bonchev–Trinajstić information content (AvgIpc) is 3.30. The predicted molar refractivity (Wildman–Crippen MR) is 281 cm³/mol. The summed E-state index contributed by atoms with van der Waals surface area (Å²) < 4.78 is 0. The highest BCUT2D eigenvalue weighted by molar-refractivity contribution is 6.99. The Kier molecular flexibility index (Phi) is 9.29. The molecule has 0 aliphatic carbocycles. The largest absolute Gasteiger partial charge is 0.311 e. The van der Waals surface area contributed by atoms with Gasteiger partial charge >= 0.3 is 0 Å². The van der Waals surface area contributed by atoms with Crippen LogP contribution in [0, 0.1) is 0 Å². The highest BCUT2D eigenvalue weighted by atomic mass is 15.2. The van der Waals surface area contributed by atoms with Crippen LogP contribution in [0.1, 0.15) is 101 Å². The fraction of sp³-hybridized carbons (Fsp3) is 0.206. The summed E-state index contributed by atoms with van der Waals surface area (Å²) in [6.07, 6.45) is 0. The Hall–Kier alpha value is -6.64. The summed E-state index contributed by atoms with van der Waals surface area (Å²) in [7, 11) is 0. The van der Waals surface area contributed by atoms with Crippen molar-refractivity contribution < 1.29 is 0 Å². The third-order valence-electron chi connectivity index (χ3n) is 14.6. The molecular formula is C63H58BN. The summed E-state index contributed by atoms with van der Waals surface area (Å²) in [6.45, 7) is 21.3. The molecule has 65 heavy (non-hydrogen) atoms. The highest BCUT2D eigenvalue weighted by Gasteiger charge is 2.52. The first kappa shape index (κ1) is 41.1. The first-order valence-corrected chi connectivity index (χ1v) is 23.5. The van der Waals surface area contributed by atoms with Gasteiger partial charge in [0.1, 0.15) is 0 Å². The lowest BCUT2D eigenvalue weighted by Crippen LogP contribution is -2.65. The molecule has 9 aromatic rings. The lowest BCUT2D eigenvalue weighted by molar-refractivity contribution is 0.586. The average molecular weight is 840 g/mol. The first-order chi connectivity index (χ1) is 31.2. The molecule has 9 aromatic carbocycles. The van der Waals surface area contributed by atoms with Gasteiger partial charge in [0.15, 0.2) is 0 Å². The normalized spacial score (nSPS) is 14.3. The maximum absolute atomic E-state index is 2.66. The fourth-order valence-corrected chi connectivity index (χ4v) is 11.3. The second kappa shape index (κ2) is 14.7. The number of benzene rings is 9. The Morgan fingerprint density at radius 2 is 0.938 bits per heavy atom. The summed E-state index contributed by atoms with van der Waals surface area (Å²) in [6, 6.07) is 72.2. The van der Waals surface area contributed by atoms with E-state index in [4.69, 9.17) is 0 Å². The minimum absolute atomic E-state index is 0.00361. The Morgan fingerprint density at radius 3 is 1.57 bits per heavy atom.